The predicted octanol–water partition coefficient (Wildman–Crippen LogP) is 5.90. The van der Waals surface area contributed by atoms with Crippen LogP contribution in [-0.4, -0.2) is 26.4 Å². The second-order valence-corrected chi connectivity index (χ2v) is 8.18. The van der Waals surface area contributed by atoms with Crippen LogP contribution in [0.1, 0.15) is 29.6 Å². The molecule has 0 saturated heterocycles. The Morgan fingerprint density at radius 2 is 1.70 bits per heavy atom. The van der Waals surface area contributed by atoms with Gasteiger partial charge in [0.2, 0.25) is 0 Å². The second kappa shape index (κ2) is 8.54. The maximum atomic E-state index is 5.62. The van der Waals surface area contributed by atoms with Gasteiger partial charge in [-0.2, -0.15) is 5.10 Å². The maximum Gasteiger partial charge on any atom is 0.158 e. The van der Waals surface area contributed by atoms with Crippen molar-refractivity contribution in [1.82, 2.24) is 19.7 Å². The van der Waals surface area contributed by atoms with Crippen molar-refractivity contribution in [3.63, 3.8) is 0 Å². The van der Waals surface area contributed by atoms with Crippen LogP contribution in [0.5, 0.6) is 5.75 Å². The molecule has 0 amide bonds. The molecular formula is C27H27N5O. The van der Waals surface area contributed by atoms with Gasteiger partial charge in [-0.15, -0.1) is 5.10 Å². The molecule has 0 bridgehead atoms. The van der Waals surface area contributed by atoms with Gasteiger partial charge in [-0.25, -0.2) is 0 Å². The average Bonchev–Trinajstić information content (AvgIpc) is 3.10. The van der Waals surface area contributed by atoms with Crippen molar-refractivity contribution in [3.05, 3.63) is 83.6 Å². The Bertz CT molecular complexity index is 1450. The molecule has 3 heterocycles. The molecular weight excluding hydrogens is 410 g/mol. The van der Waals surface area contributed by atoms with Crippen LogP contribution in [-0.2, 0) is 6.54 Å². The molecule has 0 aliphatic heterocycles. The van der Waals surface area contributed by atoms with Crippen LogP contribution >= 0.6 is 0 Å². The van der Waals surface area contributed by atoms with Crippen LogP contribution in [0.15, 0.2) is 60.9 Å². The first kappa shape index (κ1) is 20.9. The number of anilines is 1. The highest BCUT2D eigenvalue weighted by Gasteiger charge is 2.19. The molecule has 0 fully saturated rings. The number of rotatable bonds is 6. The highest BCUT2D eigenvalue weighted by molar-refractivity contribution is 5.98. The molecule has 0 saturated carbocycles. The van der Waals surface area contributed by atoms with Crippen molar-refractivity contribution in [2.24, 2.45) is 0 Å². The number of aryl methyl sites for hydroxylation is 3. The SMILES string of the molecule is CCOc1ccc(-n2c(C)c3c(C)nnc(NCc4cccc5ccncc45)c3c2C)cc1. The number of ether oxygens (including phenoxy) is 1. The molecule has 6 heteroatoms. The second-order valence-electron chi connectivity index (χ2n) is 8.18. The third-order valence-corrected chi connectivity index (χ3v) is 6.17. The van der Waals surface area contributed by atoms with Gasteiger partial charge < -0.3 is 14.6 Å². The van der Waals surface area contributed by atoms with Crippen LogP contribution < -0.4 is 10.1 Å². The fraction of sp³-hybridized carbons (Fsp3) is 0.222. The van der Waals surface area contributed by atoms with E-state index in [1.165, 1.54) is 10.9 Å². The zero-order valence-electron chi connectivity index (χ0n) is 19.4. The zero-order chi connectivity index (χ0) is 22.9. The summed E-state index contributed by atoms with van der Waals surface area (Å²) in [5.41, 5.74) is 5.48. The van der Waals surface area contributed by atoms with Gasteiger partial charge in [-0.05, 0) is 69.0 Å². The van der Waals surface area contributed by atoms with Gasteiger partial charge in [-0.1, -0.05) is 18.2 Å². The van der Waals surface area contributed by atoms with Gasteiger partial charge in [0.1, 0.15) is 5.75 Å². The summed E-state index contributed by atoms with van der Waals surface area (Å²) in [5.74, 6) is 1.67. The van der Waals surface area contributed by atoms with E-state index < -0.39 is 0 Å². The maximum absolute atomic E-state index is 5.62. The number of aromatic nitrogens is 4. The van der Waals surface area contributed by atoms with Crippen molar-refractivity contribution in [3.8, 4) is 11.4 Å². The third kappa shape index (κ3) is 3.67. The highest BCUT2D eigenvalue weighted by Crippen LogP contribution is 2.34. The van der Waals surface area contributed by atoms with Crippen LogP contribution in [0.25, 0.3) is 27.2 Å². The van der Waals surface area contributed by atoms with E-state index in [2.05, 4.69) is 69.2 Å². The molecule has 166 valence electrons. The Hall–Kier alpha value is -3.93. The Balaban J connectivity index is 1.56. The van der Waals surface area contributed by atoms with E-state index in [4.69, 9.17) is 4.74 Å². The summed E-state index contributed by atoms with van der Waals surface area (Å²) in [6, 6.07) is 16.6. The summed E-state index contributed by atoms with van der Waals surface area (Å²) in [6.45, 7) is 9.59. The fourth-order valence-electron chi connectivity index (χ4n) is 4.67. The van der Waals surface area contributed by atoms with E-state index in [1.54, 1.807) is 0 Å². The van der Waals surface area contributed by atoms with Crippen molar-refractivity contribution >= 4 is 27.4 Å². The first-order chi connectivity index (χ1) is 16.1. The molecule has 0 atom stereocenters. The number of fused-ring (bicyclic) bond motifs is 2. The van der Waals surface area contributed by atoms with E-state index in [1.807, 2.05) is 44.4 Å². The van der Waals surface area contributed by atoms with Crippen LogP contribution in [0.3, 0.4) is 0 Å². The molecule has 5 rings (SSSR count). The van der Waals surface area contributed by atoms with Crippen molar-refractivity contribution in [1.29, 1.82) is 0 Å². The molecule has 0 unspecified atom stereocenters. The molecule has 0 spiro atoms. The van der Waals surface area contributed by atoms with Crippen LogP contribution in [0.2, 0.25) is 0 Å². The molecule has 33 heavy (non-hydrogen) atoms. The quantitative estimate of drug-likeness (QED) is 0.358. The minimum Gasteiger partial charge on any atom is -0.494 e. The van der Waals surface area contributed by atoms with Crippen molar-refractivity contribution < 1.29 is 4.74 Å². The van der Waals surface area contributed by atoms with Crippen LogP contribution in [0, 0.1) is 20.8 Å². The topological polar surface area (TPSA) is 64.9 Å². The number of benzene rings is 2. The smallest absolute Gasteiger partial charge is 0.158 e. The Labute approximate surface area is 193 Å². The summed E-state index contributed by atoms with van der Waals surface area (Å²) < 4.78 is 7.88. The monoisotopic (exact) mass is 437 g/mol. The van der Waals surface area contributed by atoms with Gasteiger partial charge in [0, 0.05) is 52.2 Å². The molecule has 0 aliphatic rings. The van der Waals surface area contributed by atoms with Gasteiger partial charge in [0.15, 0.2) is 5.82 Å². The molecule has 5 aromatic rings. The van der Waals surface area contributed by atoms with E-state index in [0.717, 1.165) is 50.5 Å². The molecule has 1 N–H and O–H groups in total. The molecule has 2 aromatic carbocycles. The number of hydrogen-bond acceptors (Lipinski definition) is 5. The largest absolute Gasteiger partial charge is 0.494 e. The summed E-state index contributed by atoms with van der Waals surface area (Å²) in [6.07, 6.45) is 3.74. The predicted molar refractivity (Wildman–Crippen MR) is 133 cm³/mol. The Morgan fingerprint density at radius 1 is 0.909 bits per heavy atom. The lowest BCUT2D eigenvalue weighted by Gasteiger charge is -2.11. The highest BCUT2D eigenvalue weighted by atomic mass is 16.5. The average molecular weight is 438 g/mol. The number of pyridine rings is 1. The number of hydrogen-bond donors (Lipinski definition) is 1. The number of nitrogens with zero attached hydrogens (tertiary/aromatic N) is 4. The summed E-state index contributed by atoms with van der Waals surface area (Å²) in [4.78, 5) is 4.30. The standard InChI is InChI=1S/C27H27N5O/c1-5-33-23-11-9-22(10-12-23)32-18(3)25-17(2)30-31-27(26(25)19(32)4)29-15-21-8-6-7-20-13-14-28-16-24(20)21/h6-14,16H,5,15H2,1-4H3,(H,29,31). The van der Waals surface area contributed by atoms with E-state index in [9.17, 15) is 0 Å². The van der Waals surface area contributed by atoms with Crippen LogP contribution in [0.4, 0.5) is 5.82 Å². The lowest BCUT2D eigenvalue weighted by atomic mass is 10.1. The van der Waals surface area contributed by atoms with Crippen molar-refractivity contribution in [2.45, 2.75) is 34.2 Å². The zero-order valence-corrected chi connectivity index (χ0v) is 19.4. The minimum atomic E-state index is 0.641. The molecule has 0 aliphatic carbocycles. The molecule has 3 aromatic heterocycles. The minimum absolute atomic E-state index is 0.641. The first-order valence-electron chi connectivity index (χ1n) is 11.2. The lowest BCUT2D eigenvalue weighted by molar-refractivity contribution is 0.340. The van der Waals surface area contributed by atoms with Crippen molar-refractivity contribution in [2.75, 3.05) is 11.9 Å². The van der Waals surface area contributed by atoms with Gasteiger partial charge >= 0.3 is 0 Å². The fourth-order valence-corrected chi connectivity index (χ4v) is 4.67. The Kier molecular flexibility index (Phi) is 5.42. The van der Waals surface area contributed by atoms with Gasteiger partial charge in [-0.3, -0.25) is 4.98 Å². The van der Waals surface area contributed by atoms with E-state index in [0.29, 0.717) is 13.2 Å². The summed E-state index contributed by atoms with van der Waals surface area (Å²) in [5, 5.41) is 17.1. The number of nitrogens with one attached hydrogen (secondary N) is 1. The first-order valence-corrected chi connectivity index (χ1v) is 11.2. The van der Waals surface area contributed by atoms with Gasteiger partial charge in [0.25, 0.3) is 0 Å². The van der Waals surface area contributed by atoms with E-state index >= 15 is 0 Å². The lowest BCUT2D eigenvalue weighted by Crippen LogP contribution is -2.05. The summed E-state index contributed by atoms with van der Waals surface area (Å²) in [7, 11) is 0. The Morgan fingerprint density at radius 3 is 2.48 bits per heavy atom. The molecule has 0 radical (unpaired) electrons. The van der Waals surface area contributed by atoms with E-state index in [-0.39, 0.29) is 0 Å². The summed E-state index contributed by atoms with van der Waals surface area (Å²) >= 11 is 0. The normalized spacial score (nSPS) is 11.3. The molecule has 6 nitrogen and oxygen atoms in total. The third-order valence-electron chi connectivity index (χ3n) is 6.17. The van der Waals surface area contributed by atoms with Gasteiger partial charge in [0.05, 0.1) is 12.3 Å².